The molecular weight excluding hydrogens is 422 g/mol. The minimum absolute atomic E-state index is 0.168. The number of methoxy groups -OCH3 is 1. The smallest absolute Gasteiger partial charge is 0.147 e. The lowest BCUT2D eigenvalue weighted by atomic mass is 9.94. The minimum atomic E-state index is -0.701. The minimum Gasteiger partial charge on any atom is -0.385 e. The fourth-order valence-corrected chi connectivity index (χ4v) is 4.11. The third-order valence-electron chi connectivity index (χ3n) is 5.64. The number of halogens is 3. The summed E-state index contributed by atoms with van der Waals surface area (Å²) in [5.74, 6) is -0.0108. The Kier molecular flexibility index (Phi) is 6.73. The SMILES string of the molecule is COCCC1CCN(c2cnc(-c3ccc(F)cc3F)c(-c3ccncc3Cl)n2)CC1. The summed E-state index contributed by atoms with van der Waals surface area (Å²) in [6.45, 7) is 2.49. The van der Waals surface area contributed by atoms with Crippen molar-refractivity contribution in [1.29, 1.82) is 0 Å². The number of pyridine rings is 1. The van der Waals surface area contributed by atoms with Crippen LogP contribution in [0.4, 0.5) is 14.6 Å². The Balaban J connectivity index is 1.71. The molecule has 1 aliphatic rings. The van der Waals surface area contributed by atoms with Gasteiger partial charge in [0.15, 0.2) is 0 Å². The van der Waals surface area contributed by atoms with Gasteiger partial charge in [0, 0.05) is 56.4 Å². The van der Waals surface area contributed by atoms with E-state index in [1.807, 2.05) is 0 Å². The fraction of sp³-hybridized carbons (Fsp3) is 0.348. The van der Waals surface area contributed by atoms with Crippen LogP contribution in [0.2, 0.25) is 5.02 Å². The normalized spacial score (nSPS) is 14.8. The molecule has 0 amide bonds. The van der Waals surface area contributed by atoms with E-state index in [0.717, 1.165) is 45.0 Å². The molecule has 0 aliphatic carbocycles. The lowest BCUT2D eigenvalue weighted by Crippen LogP contribution is -2.34. The van der Waals surface area contributed by atoms with Gasteiger partial charge in [-0.05, 0) is 43.4 Å². The maximum atomic E-state index is 14.6. The van der Waals surface area contributed by atoms with Gasteiger partial charge in [0.25, 0.3) is 0 Å². The summed E-state index contributed by atoms with van der Waals surface area (Å²) in [6, 6.07) is 5.14. The molecule has 5 nitrogen and oxygen atoms in total. The van der Waals surface area contributed by atoms with Gasteiger partial charge in [-0.25, -0.2) is 18.7 Å². The Hall–Kier alpha value is -2.64. The van der Waals surface area contributed by atoms with Gasteiger partial charge in [-0.3, -0.25) is 4.98 Å². The average molecular weight is 445 g/mol. The van der Waals surface area contributed by atoms with Crippen molar-refractivity contribution in [2.45, 2.75) is 19.3 Å². The van der Waals surface area contributed by atoms with Gasteiger partial charge < -0.3 is 9.64 Å². The van der Waals surface area contributed by atoms with Crippen LogP contribution in [-0.2, 0) is 4.74 Å². The summed E-state index contributed by atoms with van der Waals surface area (Å²) in [5, 5.41) is 0.385. The number of rotatable bonds is 6. The fourth-order valence-electron chi connectivity index (χ4n) is 3.90. The Bertz CT molecular complexity index is 1060. The number of ether oxygens (including phenoxy) is 1. The van der Waals surface area contributed by atoms with E-state index >= 15 is 0 Å². The van der Waals surface area contributed by atoms with Crippen LogP contribution >= 0.6 is 11.6 Å². The Morgan fingerprint density at radius 2 is 1.90 bits per heavy atom. The number of benzene rings is 1. The zero-order chi connectivity index (χ0) is 21.8. The van der Waals surface area contributed by atoms with E-state index < -0.39 is 11.6 Å². The summed E-state index contributed by atoms with van der Waals surface area (Å²) in [4.78, 5) is 15.6. The summed E-state index contributed by atoms with van der Waals surface area (Å²) >= 11 is 6.38. The molecule has 1 aliphatic heterocycles. The molecule has 1 aromatic carbocycles. The molecule has 1 fully saturated rings. The third kappa shape index (κ3) is 4.83. The Morgan fingerprint density at radius 1 is 1.10 bits per heavy atom. The van der Waals surface area contributed by atoms with Crippen LogP contribution in [0.15, 0.2) is 42.9 Å². The lowest BCUT2D eigenvalue weighted by molar-refractivity contribution is 0.170. The molecule has 0 saturated carbocycles. The first-order chi connectivity index (χ1) is 15.1. The van der Waals surface area contributed by atoms with Crippen LogP contribution < -0.4 is 4.90 Å². The molecule has 0 N–H and O–H groups in total. The lowest BCUT2D eigenvalue weighted by Gasteiger charge is -2.33. The van der Waals surface area contributed by atoms with Crippen molar-refractivity contribution in [1.82, 2.24) is 15.0 Å². The molecule has 0 spiro atoms. The third-order valence-corrected chi connectivity index (χ3v) is 5.94. The molecular formula is C23H23ClF2N4O. The van der Waals surface area contributed by atoms with Gasteiger partial charge >= 0.3 is 0 Å². The van der Waals surface area contributed by atoms with Crippen LogP contribution in [0.3, 0.4) is 0 Å². The van der Waals surface area contributed by atoms with E-state index in [-0.39, 0.29) is 5.56 Å². The van der Waals surface area contributed by atoms with Crippen molar-refractivity contribution in [3.05, 3.63) is 59.5 Å². The van der Waals surface area contributed by atoms with Crippen LogP contribution in [0, 0.1) is 17.6 Å². The summed E-state index contributed by atoms with van der Waals surface area (Å²) in [5.41, 5.74) is 1.52. The highest BCUT2D eigenvalue weighted by atomic mass is 35.5. The second-order valence-electron chi connectivity index (χ2n) is 7.62. The van der Waals surface area contributed by atoms with Gasteiger partial charge in [0.1, 0.15) is 23.1 Å². The maximum Gasteiger partial charge on any atom is 0.147 e. The zero-order valence-corrected chi connectivity index (χ0v) is 17.9. The molecule has 0 bridgehead atoms. The Morgan fingerprint density at radius 3 is 2.61 bits per heavy atom. The highest BCUT2D eigenvalue weighted by molar-refractivity contribution is 6.33. The number of anilines is 1. The van der Waals surface area contributed by atoms with E-state index in [4.69, 9.17) is 21.3 Å². The molecule has 2 aromatic heterocycles. The van der Waals surface area contributed by atoms with Gasteiger partial charge in [-0.2, -0.15) is 0 Å². The standard InChI is InChI=1S/C23H23ClF2N4O/c1-31-11-7-15-5-9-30(10-6-15)21-14-28-22(18-3-2-16(25)12-20(18)26)23(29-21)17-4-8-27-13-19(17)24/h2-4,8,12-15H,5-7,9-11H2,1H3. The van der Waals surface area contributed by atoms with E-state index in [1.165, 1.54) is 18.3 Å². The molecule has 162 valence electrons. The topological polar surface area (TPSA) is 51.1 Å². The maximum absolute atomic E-state index is 14.6. The summed E-state index contributed by atoms with van der Waals surface area (Å²) in [7, 11) is 1.72. The van der Waals surface area contributed by atoms with Gasteiger partial charge in [-0.15, -0.1) is 0 Å². The van der Waals surface area contributed by atoms with Gasteiger partial charge in [0.2, 0.25) is 0 Å². The number of piperidine rings is 1. The molecule has 3 aromatic rings. The largest absolute Gasteiger partial charge is 0.385 e. The number of hydrogen-bond donors (Lipinski definition) is 0. The molecule has 8 heteroatoms. The highest BCUT2D eigenvalue weighted by Crippen LogP contribution is 2.36. The molecule has 0 unspecified atom stereocenters. The molecule has 4 rings (SSSR count). The van der Waals surface area contributed by atoms with Crippen molar-refractivity contribution >= 4 is 17.4 Å². The van der Waals surface area contributed by atoms with Crippen LogP contribution in [0.5, 0.6) is 0 Å². The van der Waals surface area contributed by atoms with Gasteiger partial charge in [0.05, 0.1) is 16.9 Å². The van der Waals surface area contributed by atoms with E-state index in [2.05, 4.69) is 14.9 Å². The zero-order valence-electron chi connectivity index (χ0n) is 17.2. The van der Waals surface area contributed by atoms with E-state index in [1.54, 1.807) is 25.6 Å². The first kappa shape index (κ1) is 21.6. The monoisotopic (exact) mass is 444 g/mol. The second-order valence-corrected chi connectivity index (χ2v) is 8.02. The van der Waals surface area contributed by atoms with E-state index in [0.29, 0.717) is 33.7 Å². The summed E-state index contributed by atoms with van der Waals surface area (Å²) < 4.78 is 33.2. The molecule has 1 saturated heterocycles. The highest BCUT2D eigenvalue weighted by Gasteiger charge is 2.23. The first-order valence-electron chi connectivity index (χ1n) is 10.2. The van der Waals surface area contributed by atoms with Crippen molar-refractivity contribution in [3.63, 3.8) is 0 Å². The predicted molar refractivity (Wildman–Crippen MR) is 117 cm³/mol. The van der Waals surface area contributed by atoms with E-state index in [9.17, 15) is 8.78 Å². The first-order valence-corrected chi connectivity index (χ1v) is 10.6. The predicted octanol–water partition coefficient (Wildman–Crippen LogP) is 5.39. The van der Waals surface area contributed by atoms with Crippen molar-refractivity contribution in [2.75, 3.05) is 31.7 Å². The number of hydrogen-bond acceptors (Lipinski definition) is 5. The van der Waals surface area contributed by atoms with Gasteiger partial charge in [-0.1, -0.05) is 11.6 Å². The van der Waals surface area contributed by atoms with Crippen molar-refractivity contribution in [2.24, 2.45) is 5.92 Å². The Labute approximate surface area is 185 Å². The number of aromatic nitrogens is 3. The second kappa shape index (κ2) is 9.66. The average Bonchev–Trinajstić information content (AvgIpc) is 2.78. The van der Waals surface area contributed by atoms with Crippen LogP contribution in [0.1, 0.15) is 19.3 Å². The molecule has 31 heavy (non-hydrogen) atoms. The summed E-state index contributed by atoms with van der Waals surface area (Å²) in [6.07, 6.45) is 7.90. The quantitative estimate of drug-likeness (QED) is 0.510. The number of nitrogens with zero attached hydrogens (tertiary/aromatic N) is 4. The van der Waals surface area contributed by atoms with Crippen molar-refractivity contribution < 1.29 is 13.5 Å². The molecule has 3 heterocycles. The molecule has 0 radical (unpaired) electrons. The van der Waals surface area contributed by atoms with Crippen LogP contribution in [0.25, 0.3) is 22.5 Å². The van der Waals surface area contributed by atoms with Crippen molar-refractivity contribution in [3.8, 4) is 22.5 Å². The molecule has 0 atom stereocenters. The van der Waals surface area contributed by atoms with Crippen LogP contribution in [-0.4, -0.2) is 41.8 Å².